The Balaban J connectivity index is 1.98. The van der Waals surface area contributed by atoms with Crippen LogP contribution in [0.2, 0.25) is 0 Å². The van der Waals surface area contributed by atoms with E-state index >= 15 is 0 Å². The van der Waals surface area contributed by atoms with E-state index in [0.717, 1.165) is 22.5 Å². The van der Waals surface area contributed by atoms with E-state index in [9.17, 15) is 0 Å². The van der Waals surface area contributed by atoms with Gasteiger partial charge in [0.05, 0.1) is 26.9 Å². The SMILES string of the molecule is COc1ccc([C@@H]2N=C(N)Nc3[nH]c4ccccc4[n+]32)c(OC)c1OC. The number of aromatic nitrogens is 2. The van der Waals surface area contributed by atoms with Crippen molar-refractivity contribution in [2.45, 2.75) is 6.17 Å². The number of imidazole rings is 1. The van der Waals surface area contributed by atoms with E-state index in [1.54, 1.807) is 21.3 Å². The molecule has 1 aliphatic heterocycles. The van der Waals surface area contributed by atoms with Gasteiger partial charge in [-0.1, -0.05) is 12.1 Å². The number of nitrogens with zero attached hydrogens (tertiary/aromatic N) is 2. The number of methoxy groups -OCH3 is 3. The molecule has 2 aromatic carbocycles. The van der Waals surface area contributed by atoms with Gasteiger partial charge in [-0.2, -0.15) is 4.99 Å². The van der Waals surface area contributed by atoms with Crippen molar-refractivity contribution >= 4 is 22.9 Å². The van der Waals surface area contributed by atoms with Gasteiger partial charge in [0.15, 0.2) is 11.5 Å². The zero-order valence-electron chi connectivity index (χ0n) is 14.7. The first-order chi connectivity index (χ1) is 12.7. The van der Waals surface area contributed by atoms with E-state index in [1.807, 2.05) is 41.0 Å². The third-order valence-corrected chi connectivity index (χ3v) is 4.42. The fourth-order valence-electron chi connectivity index (χ4n) is 3.32. The van der Waals surface area contributed by atoms with Gasteiger partial charge in [-0.25, -0.2) is 14.9 Å². The first kappa shape index (κ1) is 16.1. The number of aliphatic imine (C=N–C) groups is 1. The summed E-state index contributed by atoms with van der Waals surface area (Å²) in [6.07, 6.45) is -0.419. The van der Waals surface area contributed by atoms with E-state index in [-0.39, 0.29) is 0 Å². The van der Waals surface area contributed by atoms with Crippen LogP contribution in [0.5, 0.6) is 17.2 Å². The van der Waals surface area contributed by atoms with E-state index in [0.29, 0.717) is 23.2 Å². The minimum Gasteiger partial charge on any atom is -0.493 e. The van der Waals surface area contributed by atoms with E-state index in [2.05, 4.69) is 15.3 Å². The number of nitrogens with two attached hydrogens (primary N) is 1. The van der Waals surface area contributed by atoms with Gasteiger partial charge in [0.25, 0.3) is 5.96 Å². The number of rotatable bonds is 4. The predicted octanol–water partition coefficient (Wildman–Crippen LogP) is 1.77. The van der Waals surface area contributed by atoms with Crippen molar-refractivity contribution in [1.82, 2.24) is 4.98 Å². The number of H-pyrrole nitrogens is 1. The fraction of sp³-hybridized carbons (Fsp3) is 0.222. The highest BCUT2D eigenvalue weighted by molar-refractivity contribution is 5.92. The number of aromatic amines is 1. The number of fused-ring (bicyclic) bond motifs is 3. The lowest BCUT2D eigenvalue weighted by Gasteiger charge is -2.22. The highest BCUT2D eigenvalue weighted by Gasteiger charge is 2.34. The van der Waals surface area contributed by atoms with Crippen molar-refractivity contribution < 1.29 is 18.8 Å². The van der Waals surface area contributed by atoms with Gasteiger partial charge in [0.2, 0.25) is 11.9 Å². The number of anilines is 1. The number of ether oxygens (including phenoxy) is 3. The summed E-state index contributed by atoms with van der Waals surface area (Å²) in [6, 6.07) is 11.7. The van der Waals surface area contributed by atoms with Gasteiger partial charge in [0.1, 0.15) is 11.0 Å². The Morgan fingerprint density at radius 3 is 2.50 bits per heavy atom. The average molecular weight is 354 g/mol. The molecule has 0 saturated carbocycles. The fourth-order valence-corrected chi connectivity index (χ4v) is 3.32. The molecule has 3 aromatic rings. The van der Waals surface area contributed by atoms with E-state index < -0.39 is 6.17 Å². The molecular weight excluding hydrogens is 334 g/mol. The van der Waals surface area contributed by atoms with Crippen LogP contribution in [-0.4, -0.2) is 32.3 Å². The largest absolute Gasteiger partial charge is 0.493 e. The molecule has 0 radical (unpaired) electrons. The van der Waals surface area contributed by atoms with Crippen LogP contribution in [0.25, 0.3) is 11.0 Å². The summed E-state index contributed by atoms with van der Waals surface area (Å²) in [5.41, 5.74) is 8.81. The number of hydrogen-bond donors (Lipinski definition) is 3. The molecule has 8 nitrogen and oxygen atoms in total. The Hall–Kier alpha value is -3.42. The molecule has 0 saturated heterocycles. The molecule has 0 unspecified atom stereocenters. The summed E-state index contributed by atoms with van der Waals surface area (Å²) < 4.78 is 18.6. The predicted molar refractivity (Wildman–Crippen MR) is 98.0 cm³/mol. The second-order valence-electron chi connectivity index (χ2n) is 5.80. The molecule has 0 amide bonds. The van der Waals surface area contributed by atoms with Crippen molar-refractivity contribution in [2.75, 3.05) is 26.6 Å². The van der Waals surface area contributed by atoms with Crippen LogP contribution < -0.4 is 29.8 Å². The van der Waals surface area contributed by atoms with Gasteiger partial charge in [-0.3, -0.25) is 0 Å². The van der Waals surface area contributed by atoms with Gasteiger partial charge in [-0.15, -0.1) is 0 Å². The van der Waals surface area contributed by atoms with Gasteiger partial charge in [-0.05, 0) is 24.3 Å². The maximum Gasteiger partial charge on any atom is 0.365 e. The van der Waals surface area contributed by atoms with Crippen LogP contribution in [0.15, 0.2) is 41.4 Å². The van der Waals surface area contributed by atoms with Crippen LogP contribution in [0.1, 0.15) is 11.7 Å². The van der Waals surface area contributed by atoms with Crippen molar-refractivity contribution in [3.8, 4) is 17.2 Å². The summed E-state index contributed by atoms with van der Waals surface area (Å²) in [5.74, 6) is 2.72. The van der Waals surface area contributed by atoms with Gasteiger partial charge < -0.3 is 19.9 Å². The molecule has 1 aromatic heterocycles. The molecule has 26 heavy (non-hydrogen) atoms. The van der Waals surface area contributed by atoms with Crippen LogP contribution in [0, 0.1) is 0 Å². The lowest BCUT2D eigenvalue weighted by Crippen LogP contribution is -2.48. The van der Waals surface area contributed by atoms with Gasteiger partial charge in [0, 0.05) is 0 Å². The molecule has 1 aliphatic rings. The number of guanidine groups is 1. The molecular formula is C18H20N5O3+. The molecule has 0 fully saturated rings. The molecule has 2 heterocycles. The van der Waals surface area contributed by atoms with Crippen molar-refractivity contribution in [3.05, 3.63) is 42.0 Å². The zero-order chi connectivity index (χ0) is 18.3. The topological polar surface area (TPSA) is 97.8 Å². The first-order valence-corrected chi connectivity index (χ1v) is 8.09. The standard InChI is InChI=1S/C18H19N5O3/c1-24-13-9-8-10(14(25-2)15(13)26-3)16-21-17(19)22-18-20-11-6-4-5-7-12(11)23(16)18/h4-9,16H,1-3H3,(H3,19,20,21,22)/p+1/t16-/m1/s1. The third kappa shape index (κ3) is 2.30. The Morgan fingerprint density at radius 1 is 1.00 bits per heavy atom. The normalized spacial score (nSPS) is 15.8. The Labute approximate surface area is 150 Å². The lowest BCUT2D eigenvalue weighted by atomic mass is 10.1. The molecule has 134 valence electrons. The Kier molecular flexibility index (Phi) is 3.80. The second kappa shape index (κ2) is 6.14. The third-order valence-electron chi connectivity index (χ3n) is 4.42. The molecule has 8 heteroatoms. The molecule has 4 N–H and O–H groups in total. The van der Waals surface area contributed by atoms with Crippen LogP contribution >= 0.6 is 0 Å². The summed E-state index contributed by atoms with van der Waals surface area (Å²) in [5, 5.41) is 3.08. The molecule has 4 rings (SSSR count). The summed E-state index contributed by atoms with van der Waals surface area (Å²) in [6.45, 7) is 0. The van der Waals surface area contributed by atoms with Crippen molar-refractivity contribution in [1.29, 1.82) is 0 Å². The number of nitrogens with one attached hydrogen (secondary N) is 2. The maximum absolute atomic E-state index is 6.03. The summed E-state index contributed by atoms with van der Waals surface area (Å²) >= 11 is 0. The van der Waals surface area contributed by atoms with Crippen LogP contribution in [0.4, 0.5) is 5.95 Å². The number of para-hydroxylation sites is 2. The molecule has 1 atom stereocenters. The van der Waals surface area contributed by atoms with Crippen molar-refractivity contribution in [2.24, 2.45) is 10.7 Å². The lowest BCUT2D eigenvalue weighted by molar-refractivity contribution is -0.674. The minimum absolute atomic E-state index is 0.318. The molecule has 0 bridgehead atoms. The molecule has 0 spiro atoms. The zero-order valence-corrected chi connectivity index (χ0v) is 14.7. The Morgan fingerprint density at radius 2 is 1.77 bits per heavy atom. The first-order valence-electron chi connectivity index (χ1n) is 8.09. The summed E-state index contributed by atoms with van der Waals surface area (Å²) in [4.78, 5) is 7.93. The van der Waals surface area contributed by atoms with Crippen LogP contribution in [0.3, 0.4) is 0 Å². The number of hydrogen-bond acceptors (Lipinski definition) is 6. The quantitative estimate of drug-likeness (QED) is 0.620. The highest BCUT2D eigenvalue weighted by Crippen LogP contribution is 2.43. The average Bonchev–Trinajstić information content (AvgIpc) is 3.03. The monoisotopic (exact) mass is 354 g/mol. The van der Waals surface area contributed by atoms with Gasteiger partial charge >= 0.3 is 5.95 Å². The second-order valence-corrected chi connectivity index (χ2v) is 5.80. The number of benzene rings is 2. The highest BCUT2D eigenvalue weighted by atomic mass is 16.5. The van der Waals surface area contributed by atoms with Crippen LogP contribution in [-0.2, 0) is 0 Å². The smallest absolute Gasteiger partial charge is 0.365 e. The summed E-state index contributed by atoms with van der Waals surface area (Å²) in [7, 11) is 4.76. The van der Waals surface area contributed by atoms with E-state index in [1.165, 1.54) is 0 Å². The molecule has 0 aliphatic carbocycles. The van der Waals surface area contributed by atoms with Crippen molar-refractivity contribution in [3.63, 3.8) is 0 Å². The maximum atomic E-state index is 6.03. The Bertz CT molecular complexity index is 1010. The van der Waals surface area contributed by atoms with E-state index in [4.69, 9.17) is 19.9 Å². The minimum atomic E-state index is -0.419.